The zero-order valence-corrected chi connectivity index (χ0v) is 21.5. The first-order valence-electron chi connectivity index (χ1n) is 12.4. The molecule has 7 nitrogen and oxygen atoms in total. The lowest BCUT2D eigenvalue weighted by atomic mass is 9.91. The number of amides is 1. The molecular formula is C24H37F2N5O2S. The van der Waals surface area contributed by atoms with Gasteiger partial charge in [-0.3, -0.25) is 4.79 Å². The lowest BCUT2D eigenvalue weighted by Crippen LogP contribution is -2.50. The van der Waals surface area contributed by atoms with Crippen LogP contribution in [0.5, 0.6) is 0 Å². The van der Waals surface area contributed by atoms with Crippen molar-refractivity contribution < 1.29 is 17.8 Å². The molecule has 3 fully saturated rings. The van der Waals surface area contributed by atoms with E-state index >= 15 is 0 Å². The molecule has 10 heteroatoms. The second-order valence-corrected chi connectivity index (χ2v) is 12.2. The zero-order valence-electron chi connectivity index (χ0n) is 20.7. The number of hydrogen-bond donors (Lipinski definition) is 0. The van der Waals surface area contributed by atoms with Crippen LogP contribution in [0, 0.1) is 6.92 Å². The van der Waals surface area contributed by atoms with Gasteiger partial charge in [-0.1, -0.05) is 0 Å². The molecule has 3 aliphatic rings. The summed E-state index contributed by atoms with van der Waals surface area (Å²) in [6, 6.07) is 3.19. The van der Waals surface area contributed by atoms with Gasteiger partial charge in [0.15, 0.2) is 0 Å². The van der Waals surface area contributed by atoms with E-state index < -0.39 is 21.9 Å². The molecule has 1 aromatic rings. The van der Waals surface area contributed by atoms with Crippen molar-refractivity contribution in [1.29, 1.82) is 0 Å². The molecular weight excluding hydrogens is 460 g/mol. The number of halogens is 2. The van der Waals surface area contributed by atoms with Crippen molar-refractivity contribution in [2.75, 3.05) is 32.1 Å². The minimum Gasteiger partial charge on any atom is -0.353 e. The second kappa shape index (κ2) is 9.68. The van der Waals surface area contributed by atoms with Crippen molar-refractivity contribution in [3.8, 4) is 0 Å². The number of pyridine rings is 1. The van der Waals surface area contributed by atoms with E-state index in [1.165, 1.54) is 0 Å². The van der Waals surface area contributed by atoms with Gasteiger partial charge in [0.2, 0.25) is 11.8 Å². The number of rotatable bonds is 5. The highest BCUT2D eigenvalue weighted by Crippen LogP contribution is 2.38. The van der Waals surface area contributed by atoms with Gasteiger partial charge < -0.3 is 9.80 Å². The third kappa shape index (κ3) is 4.67. The van der Waals surface area contributed by atoms with Gasteiger partial charge in [0.25, 0.3) is 0 Å². The van der Waals surface area contributed by atoms with E-state index in [-0.39, 0.29) is 37.6 Å². The normalized spacial score (nSPS) is 27.5. The van der Waals surface area contributed by atoms with Gasteiger partial charge in [0.1, 0.15) is 26.7 Å². The Hall–Kier alpha value is -1.81. The highest BCUT2D eigenvalue weighted by atomic mass is 32.2. The average molecular weight is 498 g/mol. The lowest BCUT2D eigenvalue weighted by molar-refractivity contribution is -0.138. The molecule has 2 aliphatic heterocycles. The Balaban J connectivity index is 1.64. The molecule has 3 atom stereocenters. The van der Waals surface area contributed by atoms with E-state index in [1.807, 2.05) is 19.1 Å². The number of alkyl halides is 2. The topological polar surface area (TPSA) is 69.1 Å². The molecule has 2 saturated heterocycles. The molecule has 0 aromatic carbocycles. The standard InChI is InChI=1S/C24H37F2N5O2S/c1-17-9-10-21(22(28-17)30-15-5-7-18(30)2)34(33,27-3)31-16-6-8-20(31)23(32)29(4)19-11-13-24(25,26)14-12-19/h9-10,18-20H,5-8,11-16H2,1-4H3/t18-,20-,34-/m0/s1. The average Bonchev–Trinajstić information content (AvgIpc) is 3.47. The molecule has 3 heterocycles. The van der Waals surface area contributed by atoms with Crippen LogP contribution in [0.15, 0.2) is 21.4 Å². The van der Waals surface area contributed by atoms with Gasteiger partial charge in [-0.05, 0) is 64.5 Å². The minimum absolute atomic E-state index is 0.153. The van der Waals surface area contributed by atoms with Crippen molar-refractivity contribution in [3.05, 3.63) is 17.8 Å². The first-order chi connectivity index (χ1) is 16.1. The minimum atomic E-state index is -3.08. The van der Waals surface area contributed by atoms with E-state index in [9.17, 15) is 17.8 Å². The van der Waals surface area contributed by atoms with E-state index in [0.717, 1.165) is 31.5 Å². The number of anilines is 1. The Morgan fingerprint density at radius 1 is 1.18 bits per heavy atom. The maximum atomic E-state index is 14.6. The molecule has 1 aliphatic carbocycles. The smallest absolute Gasteiger partial charge is 0.248 e. The molecule has 0 N–H and O–H groups in total. The molecule has 1 aromatic heterocycles. The van der Waals surface area contributed by atoms with Crippen LogP contribution in [-0.2, 0) is 14.7 Å². The van der Waals surface area contributed by atoms with Crippen molar-refractivity contribution in [3.63, 3.8) is 0 Å². The summed E-state index contributed by atoms with van der Waals surface area (Å²) in [6.45, 7) is 5.41. The summed E-state index contributed by atoms with van der Waals surface area (Å²) in [5, 5.41) is 0. The lowest BCUT2D eigenvalue weighted by Gasteiger charge is -2.37. The number of aryl methyl sites for hydroxylation is 1. The summed E-state index contributed by atoms with van der Waals surface area (Å²) in [6.07, 6.45) is 3.59. The number of nitrogens with zero attached hydrogens (tertiary/aromatic N) is 5. The van der Waals surface area contributed by atoms with Crippen LogP contribution in [0.3, 0.4) is 0 Å². The largest absolute Gasteiger partial charge is 0.353 e. The van der Waals surface area contributed by atoms with Gasteiger partial charge in [-0.2, -0.15) is 0 Å². The van der Waals surface area contributed by atoms with Crippen molar-refractivity contribution in [2.45, 2.75) is 94.2 Å². The fourth-order valence-electron chi connectivity index (χ4n) is 5.63. The van der Waals surface area contributed by atoms with Crippen LogP contribution in [0.25, 0.3) is 0 Å². The van der Waals surface area contributed by atoms with Gasteiger partial charge in [0, 0.05) is 57.8 Å². The Labute approximate surface area is 202 Å². The summed E-state index contributed by atoms with van der Waals surface area (Å²) in [5.74, 6) is -2.10. The molecule has 0 unspecified atom stereocenters. The summed E-state index contributed by atoms with van der Waals surface area (Å²) in [7, 11) is 0.162. The van der Waals surface area contributed by atoms with E-state index in [4.69, 9.17) is 4.98 Å². The second-order valence-electron chi connectivity index (χ2n) is 9.97. The molecule has 0 spiro atoms. The summed E-state index contributed by atoms with van der Waals surface area (Å²) < 4.78 is 48.0. The van der Waals surface area contributed by atoms with Crippen LogP contribution < -0.4 is 4.90 Å². The van der Waals surface area contributed by atoms with E-state index in [1.54, 1.807) is 23.3 Å². The van der Waals surface area contributed by atoms with Gasteiger partial charge in [0.05, 0.1) is 0 Å². The number of hydrogen-bond acceptors (Lipinski definition) is 5. The first-order valence-corrected chi connectivity index (χ1v) is 13.9. The Kier molecular flexibility index (Phi) is 7.20. The molecule has 1 saturated carbocycles. The highest BCUT2D eigenvalue weighted by Gasteiger charge is 2.44. The van der Waals surface area contributed by atoms with Crippen molar-refractivity contribution >= 4 is 21.6 Å². The maximum Gasteiger partial charge on any atom is 0.248 e. The van der Waals surface area contributed by atoms with Crippen molar-refractivity contribution in [1.82, 2.24) is 14.2 Å². The monoisotopic (exact) mass is 497 g/mol. The fraction of sp³-hybridized carbons (Fsp3) is 0.750. The van der Waals surface area contributed by atoms with Crippen molar-refractivity contribution in [2.24, 2.45) is 4.36 Å². The number of carbonyl (C=O) groups is 1. The third-order valence-corrected chi connectivity index (χ3v) is 10.2. The predicted octanol–water partition coefficient (Wildman–Crippen LogP) is 4.25. The van der Waals surface area contributed by atoms with E-state index in [0.29, 0.717) is 29.7 Å². The Morgan fingerprint density at radius 3 is 2.47 bits per heavy atom. The Bertz CT molecular complexity index is 1030. The number of aromatic nitrogens is 1. The molecule has 0 radical (unpaired) electrons. The number of carbonyl (C=O) groups excluding carboxylic acids is 1. The first kappa shape index (κ1) is 25.3. The predicted molar refractivity (Wildman–Crippen MR) is 129 cm³/mol. The third-order valence-electron chi connectivity index (χ3n) is 7.73. The Morgan fingerprint density at radius 2 is 1.85 bits per heavy atom. The SMILES string of the molecule is CN=[S@@](=O)(c1ccc(C)nc1N1CCC[C@@H]1C)N1CCC[C@H]1C(=O)N(C)C1CCC(F)(F)CC1. The molecule has 190 valence electrons. The van der Waals surface area contributed by atoms with Crippen LogP contribution in [0.4, 0.5) is 14.6 Å². The van der Waals surface area contributed by atoms with Crippen LogP contribution in [-0.4, -0.2) is 75.5 Å². The van der Waals surface area contributed by atoms with Gasteiger partial charge in [-0.25, -0.2) is 26.6 Å². The number of likely N-dealkylation sites (N-methyl/N-ethyl adjacent to an activating group) is 1. The maximum absolute atomic E-state index is 14.6. The molecule has 34 heavy (non-hydrogen) atoms. The summed E-state index contributed by atoms with van der Waals surface area (Å²) in [5.41, 5.74) is 0.846. The highest BCUT2D eigenvalue weighted by molar-refractivity contribution is 7.91. The van der Waals surface area contributed by atoms with Crippen LogP contribution >= 0.6 is 0 Å². The zero-order chi connectivity index (χ0) is 24.7. The molecule has 0 bridgehead atoms. The van der Waals surface area contributed by atoms with Crippen LogP contribution in [0.1, 0.15) is 64.0 Å². The summed E-state index contributed by atoms with van der Waals surface area (Å²) >= 11 is 0. The molecule has 4 rings (SSSR count). The van der Waals surface area contributed by atoms with Gasteiger partial charge >= 0.3 is 0 Å². The summed E-state index contributed by atoms with van der Waals surface area (Å²) in [4.78, 5) is 22.7. The van der Waals surface area contributed by atoms with E-state index in [2.05, 4.69) is 16.2 Å². The molecule has 1 amide bonds. The van der Waals surface area contributed by atoms with Crippen LogP contribution in [0.2, 0.25) is 0 Å². The fourth-order valence-corrected chi connectivity index (χ4v) is 7.85. The quantitative estimate of drug-likeness (QED) is 0.610. The van der Waals surface area contributed by atoms with Gasteiger partial charge in [-0.15, -0.1) is 0 Å².